The van der Waals surface area contributed by atoms with E-state index in [0.717, 1.165) is 57.4 Å². The molecule has 2 heterocycles. The molecule has 0 saturated carbocycles. The number of ether oxygens (including phenoxy) is 1. The van der Waals surface area contributed by atoms with Gasteiger partial charge in [-0.25, -0.2) is 9.97 Å². The zero-order valence-electron chi connectivity index (χ0n) is 14.9. The van der Waals surface area contributed by atoms with Crippen LogP contribution in [0.25, 0.3) is 10.8 Å². The molecule has 0 spiro atoms. The first-order chi connectivity index (χ1) is 12.9. The molecule has 26 heavy (non-hydrogen) atoms. The number of fused-ring (bicyclic) bond motifs is 1. The summed E-state index contributed by atoms with van der Waals surface area (Å²) in [6.45, 7) is 5.88. The molecule has 0 bridgehead atoms. The normalized spacial score (nSPS) is 15.3. The molecular formula is C21H24N4O. The highest BCUT2D eigenvalue weighted by Gasteiger charge is 2.18. The van der Waals surface area contributed by atoms with Crippen molar-refractivity contribution in [1.82, 2.24) is 14.9 Å². The van der Waals surface area contributed by atoms with Crippen molar-refractivity contribution in [1.29, 1.82) is 0 Å². The SMILES string of the molecule is c1cnc(N2CCN(CCCOc3ccc4ccccc4c3)CC2)nc1. The number of nitrogens with zero attached hydrogens (tertiary/aromatic N) is 4. The molecule has 0 N–H and O–H groups in total. The minimum atomic E-state index is 0.750. The lowest BCUT2D eigenvalue weighted by molar-refractivity contribution is 0.224. The maximum atomic E-state index is 5.94. The third-order valence-corrected chi connectivity index (χ3v) is 4.82. The summed E-state index contributed by atoms with van der Waals surface area (Å²) in [6, 6.07) is 16.5. The number of benzene rings is 2. The number of piperazine rings is 1. The summed E-state index contributed by atoms with van der Waals surface area (Å²) in [5.41, 5.74) is 0. The molecule has 1 saturated heterocycles. The molecule has 0 unspecified atom stereocenters. The van der Waals surface area contributed by atoms with Crippen LogP contribution in [0.3, 0.4) is 0 Å². The van der Waals surface area contributed by atoms with Crippen molar-refractivity contribution < 1.29 is 4.74 Å². The van der Waals surface area contributed by atoms with Gasteiger partial charge in [-0.15, -0.1) is 0 Å². The maximum absolute atomic E-state index is 5.94. The van der Waals surface area contributed by atoms with Gasteiger partial charge in [0.25, 0.3) is 0 Å². The Balaban J connectivity index is 1.19. The molecule has 2 aromatic carbocycles. The molecule has 0 radical (unpaired) electrons. The van der Waals surface area contributed by atoms with Gasteiger partial charge in [-0.2, -0.15) is 0 Å². The molecule has 5 nitrogen and oxygen atoms in total. The first-order valence-electron chi connectivity index (χ1n) is 9.24. The van der Waals surface area contributed by atoms with Gasteiger partial charge < -0.3 is 9.64 Å². The third kappa shape index (κ3) is 4.11. The van der Waals surface area contributed by atoms with Crippen molar-refractivity contribution in [3.63, 3.8) is 0 Å². The van der Waals surface area contributed by atoms with Crippen molar-refractivity contribution in [2.45, 2.75) is 6.42 Å². The van der Waals surface area contributed by atoms with Crippen LogP contribution >= 0.6 is 0 Å². The van der Waals surface area contributed by atoms with Gasteiger partial charge in [0.1, 0.15) is 5.75 Å². The standard InChI is InChI=1S/C21H24N4O/c1-2-6-19-17-20(8-7-18(19)5-1)26-16-4-11-24-12-14-25(15-13-24)21-22-9-3-10-23-21/h1-3,5-10,17H,4,11-16H2. The van der Waals surface area contributed by atoms with Gasteiger partial charge in [-0.3, -0.25) is 4.90 Å². The zero-order chi connectivity index (χ0) is 17.6. The lowest BCUT2D eigenvalue weighted by Gasteiger charge is -2.34. The fourth-order valence-electron chi connectivity index (χ4n) is 3.36. The minimum Gasteiger partial charge on any atom is -0.494 e. The zero-order valence-corrected chi connectivity index (χ0v) is 14.9. The van der Waals surface area contributed by atoms with E-state index in [9.17, 15) is 0 Å². The summed E-state index contributed by atoms with van der Waals surface area (Å²) in [5, 5.41) is 2.48. The van der Waals surface area contributed by atoms with Crippen LogP contribution in [-0.2, 0) is 0 Å². The Kier molecular flexibility index (Phi) is 5.26. The van der Waals surface area contributed by atoms with Crippen molar-refractivity contribution in [3.8, 4) is 5.75 Å². The molecule has 5 heteroatoms. The second-order valence-corrected chi connectivity index (χ2v) is 6.59. The number of hydrogen-bond acceptors (Lipinski definition) is 5. The number of aromatic nitrogens is 2. The highest BCUT2D eigenvalue weighted by atomic mass is 16.5. The van der Waals surface area contributed by atoms with Crippen molar-refractivity contribution in [2.75, 3.05) is 44.2 Å². The molecule has 0 atom stereocenters. The van der Waals surface area contributed by atoms with Crippen molar-refractivity contribution in [2.24, 2.45) is 0 Å². The first-order valence-corrected chi connectivity index (χ1v) is 9.24. The predicted molar refractivity (Wildman–Crippen MR) is 105 cm³/mol. The third-order valence-electron chi connectivity index (χ3n) is 4.82. The van der Waals surface area contributed by atoms with Gasteiger partial charge in [-0.05, 0) is 35.4 Å². The van der Waals surface area contributed by atoms with E-state index in [1.54, 1.807) is 12.4 Å². The topological polar surface area (TPSA) is 41.5 Å². The van der Waals surface area contributed by atoms with Gasteiger partial charge in [0.05, 0.1) is 6.61 Å². The summed E-state index contributed by atoms with van der Waals surface area (Å²) in [4.78, 5) is 13.4. The Bertz CT molecular complexity index is 832. The largest absolute Gasteiger partial charge is 0.494 e. The summed E-state index contributed by atoms with van der Waals surface area (Å²) in [6.07, 6.45) is 4.65. The fraction of sp³-hybridized carbons (Fsp3) is 0.333. The molecular weight excluding hydrogens is 324 g/mol. The van der Waals surface area contributed by atoms with Crippen LogP contribution in [0.15, 0.2) is 60.9 Å². The number of hydrogen-bond donors (Lipinski definition) is 0. The van der Waals surface area contributed by atoms with Crippen LogP contribution < -0.4 is 9.64 Å². The average molecular weight is 348 g/mol. The average Bonchev–Trinajstić information content (AvgIpc) is 2.72. The van der Waals surface area contributed by atoms with Gasteiger partial charge in [0, 0.05) is 45.1 Å². The highest BCUT2D eigenvalue weighted by molar-refractivity contribution is 5.83. The van der Waals surface area contributed by atoms with Crippen molar-refractivity contribution >= 4 is 16.7 Å². The van der Waals surface area contributed by atoms with Crippen LogP contribution in [-0.4, -0.2) is 54.2 Å². The molecule has 4 rings (SSSR count). The van der Waals surface area contributed by atoms with Gasteiger partial charge in [0.2, 0.25) is 5.95 Å². The van der Waals surface area contributed by atoms with Gasteiger partial charge in [0.15, 0.2) is 0 Å². The Labute approximate surface area is 154 Å². The van der Waals surface area contributed by atoms with Crippen LogP contribution in [0.1, 0.15) is 6.42 Å². The summed E-state index contributed by atoms with van der Waals surface area (Å²) in [7, 11) is 0. The molecule has 134 valence electrons. The van der Waals surface area contributed by atoms with Gasteiger partial charge in [-0.1, -0.05) is 30.3 Å². The number of anilines is 1. The van der Waals surface area contributed by atoms with Crippen LogP contribution in [0.2, 0.25) is 0 Å². The van der Waals surface area contributed by atoms with Gasteiger partial charge >= 0.3 is 0 Å². The quantitative estimate of drug-likeness (QED) is 0.640. The molecule has 1 aliphatic rings. The Morgan fingerprint density at radius 1 is 0.846 bits per heavy atom. The second kappa shape index (κ2) is 8.15. The molecule has 0 aliphatic carbocycles. The van der Waals surface area contributed by atoms with Crippen LogP contribution in [0, 0.1) is 0 Å². The minimum absolute atomic E-state index is 0.750. The van der Waals surface area contributed by atoms with E-state index in [2.05, 4.69) is 62.2 Å². The van der Waals surface area contributed by atoms with E-state index >= 15 is 0 Å². The molecule has 1 fully saturated rings. The molecule has 1 aromatic heterocycles. The lowest BCUT2D eigenvalue weighted by atomic mass is 10.1. The summed E-state index contributed by atoms with van der Waals surface area (Å²) < 4.78 is 5.94. The highest BCUT2D eigenvalue weighted by Crippen LogP contribution is 2.20. The Hall–Kier alpha value is -2.66. The van der Waals surface area contributed by atoms with E-state index < -0.39 is 0 Å². The summed E-state index contributed by atoms with van der Waals surface area (Å²) in [5.74, 6) is 1.79. The smallest absolute Gasteiger partial charge is 0.225 e. The lowest BCUT2D eigenvalue weighted by Crippen LogP contribution is -2.47. The van der Waals surface area contributed by atoms with E-state index in [1.165, 1.54) is 10.8 Å². The Morgan fingerprint density at radius 2 is 1.62 bits per heavy atom. The maximum Gasteiger partial charge on any atom is 0.225 e. The molecule has 1 aliphatic heterocycles. The van der Waals surface area contributed by atoms with E-state index in [-0.39, 0.29) is 0 Å². The second-order valence-electron chi connectivity index (χ2n) is 6.59. The Morgan fingerprint density at radius 3 is 2.42 bits per heavy atom. The van der Waals surface area contributed by atoms with Crippen LogP contribution in [0.4, 0.5) is 5.95 Å². The number of rotatable bonds is 6. The van der Waals surface area contributed by atoms with Crippen LogP contribution in [0.5, 0.6) is 5.75 Å². The predicted octanol–water partition coefficient (Wildman–Crippen LogP) is 3.22. The van der Waals surface area contributed by atoms with Crippen molar-refractivity contribution in [3.05, 3.63) is 60.9 Å². The van der Waals surface area contributed by atoms with E-state index in [1.807, 2.05) is 6.07 Å². The fourth-order valence-corrected chi connectivity index (χ4v) is 3.36. The first kappa shape index (κ1) is 16.8. The monoisotopic (exact) mass is 348 g/mol. The summed E-state index contributed by atoms with van der Waals surface area (Å²) >= 11 is 0. The van der Waals surface area contributed by atoms with E-state index in [4.69, 9.17) is 4.74 Å². The van der Waals surface area contributed by atoms with E-state index in [0.29, 0.717) is 0 Å². The molecule has 0 amide bonds. The molecule has 3 aromatic rings.